The average molecular weight is 265 g/mol. The SMILES string of the molecule is CCOC(=O)C(NC=O)C(O)C(C)c1ccccc1. The highest BCUT2D eigenvalue weighted by Crippen LogP contribution is 2.21. The van der Waals surface area contributed by atoms with Crippen molar-refractivity contribution in [3.05, 3.63) is 35.9 Å². The summed E-state index contributed by atoms with van der Waals surface area (Å²) in [5, 5.41) is 12.5. The molecule has 104 valence electrons. The lowest BCUT2D eigenvalue weighted by Crippen LogP contribution is -2.48. The predicted molar refractivity (Wildman–Crippen MR) is 70.5 cm³/mol. The number of ether oxygens (including phenoxy) is 1. The molecular formula is C14H19NO4. The molecule has 3 unspecified atom stereocenters. The van der Waals surface area contributed by atoms with Crippen LogP contribution in [0.25, 0.3) is 0 Å². The fourth-order valence-electron chi connectivity index (χ4n) is 1.85. The number of aliphatic hydroxyl groups is 1. The van der Waals surface area contributed by atoms with Gasteiger partial charge < -0.3 is 15.2 Å². The van der Waals surface area contributed by atoms with Crippen LogP contribution in [0.2, 0.25) is 0 Å². The molecular weight excluding hydrogens is 246 g/mol. The van der Waals surface area contributed by atoms with E-state index in [4.69, 9.17) is 4.74 Å². The first-order chi connectivity index (χ1) is 9.11. The second-order valence-electron chi connectivity index (χ2n) is 4.20. The van der Waals surface area contributed by atoms with Crippen LogP contribution in [0.4, 0.5) is 0 Å². The zero-order valence-electron chi connectivity index (χ0n) is 11.1. The maximum absolute atomic E-state index is 11.7. The summed E-state index contributed by atoms with van der Waals surface area (Å²) in [5.41, 5.74) is 0.886. The van der Waals surface area contributed by atoms with Crippen molar-refractivity contribution >= 4 is 12.4 Å². The molecule has 0 heterocycles. The Labute approximate surface area is 112 Å². The minimum atomic E-state index is -1.06. The van der Waals surface area contributed by atoms with Gasteiger partial charge in [-0.1, -0.05) is 37.3 Å². The number of carbonyl (C=O) groups excluding carboxylic acids is 2. The fraction of sp³-hybridized carbons (Fsp3) is 0.429. The Bertz CT molecular complexity index is 407. The van der Waals surface area contributed by atoms with Crippen LogP contribution in [0.15, 0.2) is 30.3 Å². The van der Waals surface area contributed by atoms with Gasteiger partial charge in [0.2, 0.25) is 6.41 Å². The number of amides is 1. The molecule has 0 bridgehead atoms. The molecule has 0 aliphatic rings. The van der Waals surface area contributed by atoms with E-state index in [0.717, 1.165) is 5.56 Å². The largest absolute Gasteiger partial charge is 0.464 e. The summed E-state index contributed by atoms with van der Waals surface area (Å²) < 4.78 is 4.84. The van der Waals surface area contributed by atoms with Crippen molar-refractivity contribution in [3.63, 3.8) is 0 Å². The van der Waals surface area contributed by atoms with Gasteiger partial charge >= 0.3 is 5.97 Å². The molecule has 1 aromatic carbocycles. The number of hydrogen-bond donors (Lipinski definition) is 2. The Balaban J connectivity index is 2.84. The molecule has 0 aromatic heterocycles. The van der Waals surface area contributed by atoms with Gasteiger partial charge in [-0.2, -0.15) is 0 Å². The third kappa shape index (κ3) is 4.06. The molecule has 2 N–H and O–H groups in total. The molecule has 19 heavy (non-hydrogen) atoms. The van der Waals surface area contributed by atoms with Crippen LogP contribution in [0.1, 0.15) is 25.3 Å². The van der Waals surface area contributed by atoms with Gasteiger partial charge in [-0.05, 0) is 12.5 Å². The highest BCUT2D eigenvalue weighted by Gasteiger charge is 2.32. The molecule has 5 heteroatoms. The minimum Gasteiger partial charge on any atom is -0.464 e. The predicted octanol–water partition coefficient (Wildman–Crippen LogP) is 0.829. The molecule has 5 nitrogen and oxygen atoms in total. The topological polar surface area (TPSA) is 75.6 Å². The van der Waals surface area contributed by atoms with E-state index in [2.05, 4.69) is 5.32 Å². The third-order valence-corrected chi connectivity index (χ3v) is 2.97. The van der Waals surface area contributed by atoms with E-state index in [0.29, 0.717) is 6.41 Å². The highest BCUT2D eigenvalue weighted by molar-refractivity contribution is 5.79. The monoisotopic (exact) mass is 265 g/mol. The number of aliphatic hydroxyl groups excluding tert-OH is 1. The summed E-state index contributed by atoms with van der Waals surface area (Å²) in [6, 6.07) is 8.23. The summed E-state index contributed by atoms with van der Waals surface area (Å²) in [6.45, 7) is 3.66. The van der Waals surface area contributed by atoms with Crippen molar-refractivity contribution in [2.45, 2.75) is 31.9 Å². The Morgan fingerprint density at radius 3 is 2.58 bits per heavy atom. The molecule has 0 aliphatic carbocycles. The second kappa shape index (κ2) is 7.53. The summed E-state index contributed by atoms with van der Waals surface area (Å²) in [6.07, 6.45) is -0.658. The van der Waals surface area contributed by atoms with Gasteiger partial charge in [0.1, 0.15) is 0 Å². The standard InChI is InChI=1S/C14H19NO4/c1-3-19-14(18)12(15-9-16)13(17)10(2)11-7-5-4-6-8-11/h4-10,12-13,17H,3H2,1-2H3,(H,15,16). The van der Waals surface area contributed by atoms with E-state index in [1.54, 1.807) is 13.8 Å². The summed E-state index contributed by atoms with van der Waals surface area (Å²) in [5.74, 6) is -0.937. The Morgan fingerprint density at radius 1 is 1.42 bits per heavy atom. The van der Waals surface area contributed by atoms with Crippen molar-refractivity contribution in [2.24, 2.45) is 0 Å². The van der Waals surface area contributed by atoms with Crippen molar-refractivity contribution in [1.29, 1.82) is 0 Å². The van der Waals surface area contributed by atoms with Crippen LogP contribution in [-0.4, -0.2) is 36.2 Å². The molecule has 0 saturated carbocycles. The number of esters is 1. The number of rotatable bonds is 7. The first-order valence-corrected chi connectivity index (χ1v) is 6.21. The van der Waals surface area contributed by atoms with Gasteiger partial charge in [0.05, 0.1) is 12.7 Å². The van der Waals surface area contributed by atoms with E-state index in [-0.39, 0.29) is 12.5 Å². The first-order valence-electron chi connectivity index (χ1n) is 6.21. The lowest BCUT2D eigenvalue weighted by atomic mass is 9.91. The Morgan fingerprint density at radius 2 is 2.05 bits per heavy atom. The number of nitrogens with one attached hydrogen (secondary N) is 1. The van der Waals surface area contributed by atoms with Crippen molar-refractivity contribution in [1.82, 2.24) is 5.32 Å². The van der Waals surface area contributed by atoms with Crippen LogP contribution in [0, 0.1) is 0 Å². The lowest BCUT2D eigenvalue weighted by molar-refractivity contribution is -0.150. The maximum Gasteiger partial charge on any atom is 0.331 e. The van der Waals surface area contributed by atoms with E-state index in [9.17, 15) is 14.7 Å². The van der Waals surface area contributed by atoms with E-state index < -0.39 is 18.1 Å². The zero-order valence-corrected chi connectivity index (χ0v) is 11.1. The smallest absolute Gasteiger partial charge is 0.331 e. The van der Waals surface area contributed by atoms with Gasteiger partial charge in [0.15, 0.2) is 6.04 Å². The summed E-state index contributed by atoms with van der Waals surface area (Å²) >= 11 is 0. The maximum atomic E-state index is 11.7. The van der Waals surface area contributed by atoms with E-state index in [1.165, 1.54) is 0 Å². The zero-order chi connectivity index (χ0) is 14.3. The van der Waals surface area contributed by atoms with Gasteiger partial charge in [0, 0.05) is 5.92 Å². The molecule has 1 aromatic rings. The van der Waals surface area contributed by atoms with Gasteiger partial charge in [-0.3, -0.25) is 4.79 Å². The van der Waals surface area contributed by atoms with Gasteiger partial charge in [0.25, 0.3) is 0 Å². The Kier molecular flexibility index (Phi) is 6.02. The number of benzene rings is 1. The molecule has 0 aliphatic heterocycles. The van der Waals surface area contributed by atoms with Crippen LogP contribution < -0.4 is 5.32 Å². The molecule has 0 saturated heterocycles. The molecule has 0 radical (unpaired) electrons. The Hall–Kier alpha value is -1.88. The van der Waals surface area contributed by atoms with Crippen LogP contribution in [0.3, 0.4) is 0 Å². The highest BCUT2D eigenvalue weighted by atomic mass is 16.5. The van der Waals surface area contributed by atoms with Crippen molar-refractivity contribution in [3.8, 4) is 0 Å². The molecule has 1 rings (SSSR count). The number of carbonyl (C=O) groups is 2. The number of hydrogen-bond acceptors (Lipinski definition) is 4. The van der Waals surface area contributed by atoms with Crippen LogP contribution >= 0.6 is 0 Å². The van der Waals surface area contributed by atoms with E-state index in [1.807, 2.05) is 30.3 Å². The van der Waals surface area contributed by atoms with Gasteiger partial charge in [-0.15, -0.1) is 0 Å². The molecule has 3 atom stereocenters. The van der Waals surface area contributed by atoms with Crippen molar-refractivity contribution < 1.29 is 19.4 Å². The van der Waals surface area contributed by atoms with Crippen LogP contribution in [-0.2, 0) is 14.3 Å². The van der Waals surface area contributed by atoms with Crippen molar-refractivity contribution in [2.75, 3.05) is 6.61 Å². The molecule has 1 amide bonds. The fourth-order valence-corrected chi connectivity index (χ4v) is 1.85. The molecule has 0 fully saturated rings. The van der Waals surface area contributed by atoms with Crippen LogP contribution in [0.5, 0.6) is 0 Å². The third-order valence-electron chi connectivity index (χ3n) is 2.97. The normalized spacial score (nSPS) is 15.1. The second-order valence-corrected chi connectivity index (χ2v) is 4.20. The molecule has 0 spiro atoms. The lowest BCUT2D eigenvalue weighted by Gasteiger charge is -2.26. The average Bonchev–Trinajstić information content (AvgIpc) is 2.44. The quantitative estimate of drug-likeness (QED) is 0.565. The first kappa shape index (κ1) is 15.2. The summed E-state index contributed by atoms with van der Waals surface area (Å²) in [7, 11) is 0. The minimum absolute atomic E-state index is 0.197. The van der Waals surface area contributed by atoms with Gasteiger partial charge in [-0.25, -0.2) is 4.79 Å². The summed E-state index contributed by atoms with van der Waals surface area (Å²) in [4.78, 5) is 22.3. The van der Waals surface area contributed by atoms with E-state index >= 15 is 0 Å².